The minimum Gasteiger partial charge on any atom is -0.507 e. The molecule has 1 amide bonds. The van der Waals surface area contributed by atoms with E-state index in [1.807, 2.05) is 64.1 Å². The van der Waals surface area contributed by atoms with E-state index < -0.39 is 17.7 Å². The Morgan fingerprint density at radius 3 is 2.34 bits per heavy atom. The van der Waals surface area contributed by atoms with Crippen molar-refractivity contribution in [3.8, 4) is 17.2 Å². The molecule has 0 spiro atoms. The first-order valence-corrected chi connectivity index (χ1v) is 12.5. The van der Waals surface area contributed by atoms with E-state index in [0.717, 1.165) is 16.7 Å². The minimum absolute atomic E-state index is 0.00105. The first-order valence-electron chi connectivity index (χ1n) is 12.5. The third-order valence-corrected chi connectivity index (χ3v) is 6.45. The van der Waals surface area contributed by atoms with Crippen molar-refractivity contribution >= 4 is 17.4 Å². The predicted molar refractivity (Wildman–Crippen MR) is 146 cm³/mol. The van der Waals surface area contributed by atoms with Gasteiger partial charge in [0.1, 0.15) is 23.0 Å². The molecule has 0 aromatic heterocycles. The first kappa shape index (κ1) is 26.8. The van der Waals surface area contributed by atoms with Gasteiger partial charge in [0.05, 0.1) is 37.5 Å². The molecule has 1 saturated heterocycles. The van der Waals surface area contributed by atoms with E-state index in [1.54, 1.807) is 31.4 Å². The second-order valence-corrected chi connectivity index (χ2v) is 9.68. The smallest absolute Gasteiger partial charge is 0.295 e. The average molecular weight is 516 g/mol. The van der Waals surface area contributed by atoms with Crippen LogP contribution >= 0.6 is 0 Å². The number of likely N-dealkylation sites (tertiary alicyclic amines) is 1. The quantitative estimate of drug-likeness (QED) is 0.234. The summed E-state index contributed by atoms with van der Waals surface area (Å²) in [5.41, 5.74) is 3.50. The molecule has 1 heterocycles. The number of aryl methyl sites for hydroxylation is 2. The minimum atomic E-state index is -0.842. The second kappa shape index (κ2) is 11.0. The molecule has 7 heteroatoms. The van der Waals surface area contributed by atoms with Gasteiger partial charge in [0.25, 0.3) is 11.7 Å². The lowest BCUT2D eigenvalue weighted by atomic mass is 9.93. The summed E-state index contributed by atoms with van der Waals surface area (Å²) < 4.78 is 16.8. The average Bonchev–Trinajstić information content (AvgIpc) is 3.12. The summed E-state index contributed by atoms with van der Waals surface area (Å²) in [6, 6.07) is 17.4. The Labute approximate surface area is 223 Å². The van der Waals surface area contributed by atoms with Crippen LogP contribution in [0.5, 0.6) is 17.2 Å². The molecule has 3 aromatic carbocycles. The van der Waals surface area contributed by atoms with Crippen LogP contribution < -0.4 is 14.2 Å². The van der Waals surface area contributed by atoms with Gasteiger partial charge in [-0.05, 0) is 80.3 Å². The van der Waals surface area contributed by atoms with Gasteiger partial charge in [-0.15, -0.1) is 0 Å². The number of carbonyl (C=O) groups excluding carboxylic acids is 2. The van der Waals surface area contributed by atoms with Crippen molar-refractivity contribution < 1.29 is 28.9 Å². The highest BCUT2D eigenvalue weighted by atomic mass is 16.5. The molecular formula is C31H33NO6. The molecule has 3 aromatic rings. The maximum absolute atomic E-state index is 13.5. The number of rotatable bonds is 8. The Morgan fingerprint density at radius 2 is 1.66 bits per heavy atom. The number of methoxy groups -OCH3 is 2. The monoisotopic (exact) mass is 515 g/mol. The third-order valence-electron chi connectivity index (χ3n) is 6.45. The van der Waals surface area contributed by atoms with E-state index in [1.165, 1.54) is 12.0 Å². The Hall–Kier alpha value is -4.26. The fourth-order valence-corrected chi connectivity index (χ4v) is 4.93. The van der Waals surface area contributed by atoms with Gasteiger partial charge in [0.15, 0.2) is 0 Å². The SMILES string of the molecule is COc1cccc(C2/C(=C(\O)c3cc(C)cc(C)c3OC)C(=O)C(=O)N2Cc2cccc(OC(C)C)c2)c1. The maximum Gasteiger partial charge on any atom is 0.295 e. The summed E-state index contributed by atoms with van der Waals surface area (Å²) in [6.45, 7) is 7.79. The molecule has 1 N–H and O–H groups in total. The molecule has 0 bridgehead atoms. The van der Waals surface area contributed by atoms with Crippen LogP contribution in [0.25, 0.3) is 5.76 Å². The van der Waals surface area contributed by atoms with Crippen molar-refractivity contribution in [2.75, 3.05) is 14.2 Å². The first-order chi connectivity index (χ1) is 18.1. The Balaban J connectivity index is 1.89. The van der Waals surface area contributed by atoms with Gasteiger partial charge in [-0.1, -0.05) is 30.3 Å². The van der Waals surface area contributed by atoms with Crippen molar-refractivity contribution in [3.63, 3.8) is 0 Å². The van der Waals surface area contributed by atoms with E-state index in [-0.39, 0.29) is 24.0 Å². The number of hydrogen-bond donors (Lipinski definition) is 1. The van der Waals surface area contributed by atoms with E-state index in [4.69, 9.17) is 14.2 Å². The summed E-state index contributed by atoms with van der Waals surface area (Å²) in [7, 11) is 3.06. The maximum atomic E-state index is 13.5. The Kier molecular flexibility index (Phi) is 7.76. The topological polar surface area (TPSA) is 85.3 Å². The lowest BCUT2D eigenvalue weighted by molar-refractivity contribution is -0.140. The molecule has 1 aliphatic heterocycles. The van der Waals surface area contributed by atoms with Gasteiger partial charge in [-0.25, -0.2) is 0 Å². The molecule has 38 heavy (non-hydrogen) atoms. The number of carbonyl (C=O) groups is 2. The van der Waals surface area contributed by atoms with Crippen molar-refractivity contribution in [2.24, 2.45) is 0 Å². The van der Waals surface area contributed by atoms with E-state index in [2.05, 4.69) is 0 Å². The van der Waals surface area contributed by atoms with E-state index in [0.29, 0.717) is 28.4 Å². The molecular weight excluding hydrogens is 482 g/mol. The fraction of sp³-hybridized carbons (Fsp3) is 0.290. The van der Waals surface area contributed by atoms with Crippen LogP contribution in [-0.4, -0.2) is 42.0 Å². The summed E-state index contributed by atoms with van der Waals surface area (Å²) in [5, 5.41) is 11.6. The zero-order valence-electron chi connectivity index (χ0n) is 22.6. The zero-order chi connectivity index (χ0) is 27.6. The van der Waals surface area contributed by atoms with Gasteiger partial charge in [-0.3, -0.25) is 9.59 Å². The fourth-order valence-electron chi connectivity index (χ4n) is 4.93. The Morgan fingerprint density at radius 1 is 0.947 bits per heavy atom. The molecule has 0 radical (unpaired) electrons. The van der Waals surface area contributed by atoms with Crippen LogP contribution in [0.1, 0.15) is 47.7 Å². The van der Waals surface area contributed by atoms with Crippen LogP contribution in [0.4, 0.5) is 0 Å². The highest BCUT2D eigenvalue weighted by Crippen LogP contribution is 2.43. The summed E-state index contributed by atoms with van der Waals surface area (Å²) in [4.78, 5) is 28.5. The number of nitrogens with zero attached hydrogens (tertiary/aromatic N) is 1. The molecule has 4 rings (SSSR count). The molecule has 0 aliphatic carbocycles. The number of ether oxygens (including phenoxy) is 3. The van der Waals surface area contributed by atoms with Crippen molar-refractivity contribution in [3.05, 3.63) is 94.1 Å². The van der Waals surface area contributed by atoms with Crippen LogP contribution in [0.2, 0.25) is 0 Å². The lowest BCUT2D eigenvalue weighted by Gasteiger charge is -2.26. The summed E-state index contributed by atoms with van der Waals surface area (Å²) >= 11 is 0. The lowest BCUT2D eigenvalue weighted by Crippen LogP contribution is -2.29. The molecule has 1 unspecified atom stereocenters. The van der Waals surface area contributed by atoms with Crippen molar-refractivity contribution in [1.82, 2.24) is 4.90 Å². The molecule has 1 aliphatic rings. The number of ketones is 1. The van der Waals surface area contributed by atoms with Gasteiger partial charge in [-0.2, -0.15) is 0 Å². The third kappa shape index (κ3) is 5.23. The van der Waals surface area contributed by atoms with Gasteiger partial charge in [0, 0.05) is 6.54 Å². The van der Waals surface area contributed by atoms with Gasteiger partial charge < -0.3 is 24.2 Å². The largest absolute Gasteiger partial charge is 0.507 e. The number of aliphatic hydroxyl groups is 1. The molecule has 198 valence electrons. The molecule has 0 saturated carbocycles. The predicted octanol–water partition coefficient (Wildman–Crippen LogP) is 5.73. The van der Waals surface area contributed by atoms with Crippen LogP contribution in [0.15, 0.2) is 66.2 Å². The van der Waals surface area contributed by atoms with Crippen LogP contribution in [-0.2, 0) is 16.1 Å². The van der Waals surface area contributed by atoms with Crippen molar-refractivity contribution in [1.29, 1.82) is 0 Å². The number of Topliss-reactive ketones (excluding diaryl/α,β-unsaturated/α-hetero) is 1. The second-order valence-electron chi connectivity index (χ2n) is 9.68. The number of hydrogen-bond acceptors (Lipinski definition) is 6. The number of amides is 1. The Bertz CT molecular complexity index is 1410. The molecule has 7 nitrogen and oxygen atoms in total. The number of benzene rings is 3. The summed E-state index contributed by atoms with van der Waals surface area (Å²) in [5.74, 6) is -0.0400. The van der Waals surface area contributed by atoms with E-state index >= 15 is 0 Å². The van der Waals surface area contributed by atoms with Gasteiger partial charge >= 0.3 is 0 Å². The van der Waals surface area contributed by atoms with E-state index in [9.17, 15) is 14.7 Å². The molecule has 1 fully saturated rings. The van der Waals surface area contributed by atoms with Crippen molar-refractivity contribution in [2.45, 2.75) is 46.4 Å². The van der Waals surface area contributed by atoms with Crippen LogP contribution in [0, 0.1) is 13.8 Å². The zero-order valence-corrected chi connectivity index (χ0v) is 22.6. The highest BCUT2D eigenvalue weighted by Gasteiger charge is 2.46. The molecule has 1 atom stereocenters. The van der Waals surface area contributed by atoms with Crippen LogP contribution in [0.3, 0.4) is 0 Å². The highest BCUT2D eigenvalue weighted by molar-refractivity contribution is 6.46. The standard InChI is InChI=1S/C31H33NO6/c1-18(2)38-24-12-7-9-21(15-24)17-32-27(22-10-8-11-23(16-22)36-5)26(29(34)31(32)35)28(33)25-14-19(3)13-20(4)30(25)37-6/h7-16,18,27,33H,17H2,1-6H3/b28-26+. The number of aliphatic hydroxyl groups excluding tert-OH is 1. The summed E-state index contributed by atoms with van der Waals surface area (Å²) in [6.07, 6.45) is -0.0102. The van der Waals surface area contributed by atoms with Gasteiger partial charge in [0.2, 0.25) is 0 Å². The normalized spacial score (nSPS) is 16.7.